The van der Waals surface area contributed by atoms with Crippen molar-refractivity contribution in [2.75, 3.05) is 14.1 Å². The molecular weight excluding hydrogens is 210 g/mol. The van der Waals surface area contributed by atoms with Crippen LogP contribution in [0.15, 0.2) is 36.1 Å². The lowest BCUT2D eigenvalue weighted by Gasteiger charge is -2.21. The van der Waals surface area contributed by atoms with E-state index in [1.54, 1.807) is 17.1 Å². The van der Waals surface area contributed by atoms with Gasteiger partial charge in [-0.15, -0.1) is 12.6 Å². The molecule has 0 rings (SSSR count). The van der Waals surface area contributed by atoms with Crippen molar-refractivity contribution in [1.82, 2.24) is 4.90 Å². The fourth-order valence-electron chi connectivity index (χ4n) is 0.812. The third-order valence-corrected chi connectivity index (χ3v) is 2.18. The molecule has 15 heavy (non-hydrogen) atoms. The lowest BCUT2D eigenvalue weighted by atomic mass is 10.2. The molecule has 0 amide bonds. The van der Waals surface area contributed by atoms with Crippen LogP contribution >= 0.6 is 12.6 Å². The van der Waals surface area contributed by atoms with Gasteiger partial charge >= 0.3 is 0 Å². The van der Waals surface area contributed by atoms with Crippen LogP contribution < -0.4 is 0 Å². The molecule has 84 valence electrons. The maximum atomic E-state index is 10.8. The van der Waals surface area contributed by atoms with E-state index in [4.69, 9.17) is 4.74 Å². The quantitative estimate of drug-likeness (QED) is 0.188. The van der Waals surface area contributed by atoms with Crippen LogP contribution in [-0.2, 0) is 9.53 Å². The normalized spacial score (nSPS) is 15.0. The maximum Gasteiger partial charge on any atom is 0.197 e. The largest absolute Gasteiger partial charge is 0.465 e. The van der Waals surface area contributed by atoms with Crippen molar-refractivity contribution < 1.29 is 9.53 Å². The minimum Gasteiger partial charge on any atom is -0.465 e. The molecule has 0 aliphatic carbocycles. The van der Waals surface area contributed by atoms with E-state index in [2.05, 4.69) is 19.2 Å². The van der Waals surface area contributed by atoms with Gasteiger partial charge in [0.25, 0.3) is 0 Å². The molecule has 4 heteroatoms. The van der Waals surface area contributed by atoms with Crippen LogP contribution in [0, 0.1) is 0 Å². The van der Waals surface area contributed by atoms with Crippen molar-refractivity contribution in [2.24, 2.45) is 0 Å². The van der Waals surface area contributed by atoms with Crippen LogP contribution in [0.25, 0.3) is 0 Å². The molecule has 0 aromatic carbocycles. The number of hydrogen-bond acceptors (Lipinski definition) is 4. The molecule has 1 unspecified atom stereocenters. The second-order valence-corrected chi connectivity index (χ2v) is 3.49. The number of carbonyl (C=O) groups is 1. The highest BCUT2D eigenvalue weighted by Crippen LogP contribution is 2.13. The van der Waals surface area contributed by atoms with Gasteiger partial charge in [0.05, 0.1) is 5.57 Å². The molecule has 0 aromatic heterocycles. The lowest BCUT2D eigenvalue weighted by Crippen LogP contribution is -2.25. The van der Waals surface area contributed by atoms with Crippen molar-refractivity contribution in [3.8, 4) is 0 Å². The monoisotopic (exact) mass is 227 g/mol. The number of nitrogens with zero attached hydrogens (tertiary/aromatic N) is 1. The maximum absolute atomic E-state index is 10.8. The zero-order valence-corrected chi connectivity index (χ0v) is 10.2. The van der Waals surface area contributed by atoms with Crippen LogP contribution in [0.2, 0.25) is 0 Å². The molecule has 0 spiro atoms. The Morgan fingerprint density at radius 3 is 2.47 bits per heavy atom. The first-order valence-corrected chi connectivity index (χ1v) is 5.04. The van der Waals surface area contributed by atoms with Gasteiger partial charge in [-0.05, 0) is 27.1 Å². The summed E-state index contributed by atoms with van der Waals surface area (Å²) in [5, 5.41) is 0. The number of thiol groups is 1. The van der Waals surface area contributed by atoms with E-state index in [0.717, 1.165) is 6.29 Å². The van der Waals surface area contributed by atoms with E-state index >= 15 is 0 Å². The van der Waals surface area contributed by atoms with Gasteiger partial charge in [0.15, 0.2) is 11.8 Å². The summed E-state index contributed by atoms with van der Waals surface area (Å²) in [6, 6.07) is 0. The van der Waals surface area contributed by atoms with Gasteiger partial charge in [0.2, 0.25) is 0 Å². The summed E-state index contributed by atoms with van der Waals surface area (Å²) in [5.74, 6) is 0.428. The minimum absolute atomic E-state index is 0.404. The summed E-state index contributed by atoms with van der Waals surface area (Å²) in [5.41, 5.74) is 0.0478. The average Bonchev–Trinajstić information content (AvgIpc) is 2.22. The molecule has 0 saturated heterocycles. The second kappa shape index (κ2) is 7.31. The molecule has 0 saturated carbocycles. The smallest absolute Gasteiger partial charge is 0.197 e. The molecule has 0 heterocycles. The molecule has 0 bridgehead atoms. The fraction of sp³-hybridized carbons (Fsp3) is 0.364. The van der Waals surface area contributed by atoms with Gasteiger partial charge in [-0.2, -0.15) is 0 Å². The van der Waals surface area contributed by atoms with E-state index in [1.807, 2.05) is 21.0 Å². The molecule has 0 N–H and O–H groups in total. The topological polar surface area (TPSA) is 29.5 Å². The van der Waals surface area contributed by atoms with Crippen molar-refractivity contribution in [1.29, 1.82) is 0 Å². The molecule has 0 aliphatic rings. The van der Waals surface area contributed by atoms with E-state index in [0.29, 0.717) is 11.3 Å². The lowest BCUT2D eigenvalue weighted by molar-refractivity contribution is -0.104. The summed E-state index contributed by atoms with van der Waals surface area (Å²) in [6.45, 7) is 5.42. The standard InChI is InChI=1S/C11H17NO2S/c1-5-7-9(8-13)10(6-2)14-11(15)12(3)4/h5-8,11,15H,2H2,1,3-4H3/b7-5-,10-9-. The molecule has 0 aromatic rings. The average molecular weight is 227 g/mol. The number of rotatable bonds is 6. The van der Waals surface area contributed by atoms with Gasteiger partial charge in [-0.25, -0.2) is 0 Å². The van der Waals surface area contributed by atoms with Crippen LogP contribution in [-0.4, -0.2) is 30.8 Å². The first kappa shape index (κ1) is 14.0. The second-order valence-electron chi connectivity index (χ2n) is 3.05. The Bertz CT molecular complexity index is 282. The van der Waals surface area contributed by atoms with Gasteiger partial charge in [0.1, 0.15) is 5.76 Å². The number of ether oxygens (including phenoxy) is 1. The SMILES string of the molecule is C=C/C(OC(S)N(C)C)=C(C=O)\C=C/C. The summed E-state index contributed by atoms with van der Waals surface area (Å²) in [6.07, 6.45) is 5.66. The van der Waals surface area contributed by atoms with Crippen LogP contribution in [0.3, 0.4) is 0 Å². The summed E-state index contributed by atoms with van der Waals surface area (Å²) in [4.78, 5) is 12.5. The number of carbonyl (C=O) groups excluding carboxylic acids is 1. The van der Waals surface area contributed by atoms with Gasteiger partial charge in [-0.3, -0.25) is 9.69 Å². The Morgan fingerprint density at radius 2 is 2.13 bits per heavy atom. The first-order chi connectivity index (χ1) is 7.06. The molecule has 0 radical (unpaired) electrons. The zero-order valence-electron chi connectivity index (χ0n) is 9.30. The van der Waals surface area contributed by atoms with Gasteiger partial charge < -0.3 is 4.74 Å². The first-order valence-electron chi connectivity index (χ1n) is 4.52. The number of aldehydes is 1. The van der Waals surface area contributed by atoms with Crippen molar-refractivity contribution in [3.63, 3.8) is 0 Å². The summed E-state index contributed by atoms with van der Waals surface area (Å²) >= 11 is 4.20. The van der Waals surface area contributed by atoms with Crippen molar-refractivity contribution in [2.45, 2.75) is 12.5 Å². The number of allylic oxidation sites excluding steroid dienone is 4. The van der Waals surface area contributed by atoms with Crippen LogP contribution in [0.5, 0.6) is 0 Å². The Morgan fingerprint density at radius 1 is 1.53 bits per heavy atom. The molecule has 3 nitrogen and oxygen atoms in total. The van der Waals surface area contributed by atoms with Crippen LogP contribution in [0.1, 0.15) is 6.92 Å². The number of hydrogen-bond donors (Lipinski definition) is 1. The molecule has 1 atom stereocenters. The highest BCUT2D eigenvalue weighted by Gasteiger charge is 2.09. The third-order valence-electron chi connectivity index (χ3n) is 1.62. The van der Waals surface area contributed by atoms with Crippen molar-refractivity contribution >= 4 is 18.9 Å². The third kappa shape index (κ3) is 4.85. The summed E-state index contributed by atoms with van der Waals surface area (Å²) < 4.78 is 5.44. The predicted molar refractivity (Wildman–Crippen MR) is 65.6 cm³/mol. The van der Waals surface area contributed by atoms with Crippen molar-refractivity contribution in [3.05, 3.63) is 36.1 Å². The molecular formula is C11H17NO2S. The van der Waals surface area contributed by atoms with E-state index in [1.165, 1.54) is 6.08 Å². The van der Waals surface area contributed by atoms with E-state index in [-0.39, 0.29) is 0 Å². The molecule has 0 aliphatic heterocycles. The summed E-state index contributed by atoms with van der Waals surface area (Å²) in [7, 11) is 3.66. The Hall–Kier alpha value is -1.00. The molecule has 0 fully saturated rings. The van der Waals surface area contributed by atoms with Gasteiger partial charge in [-0.1, -0.05) is 18.7 Å². The fourth-order valence-corrected chi connectivity index (χ4v) is 0.926. The highest BCUT2D eigenvalue weighted by atomic mass is 32.1. The van der Waals surface area contributed by atoms with Crippen LogP contribution in [0.4, 0.5) is 0 Å². The van der Waals surface area contributed by atoms with E-state index in [9.17, 15) is 4.79 Å². The highest BCUT2D eigenvalue weighted by molar-refractivity contribution is 7.80. The van der Waals surface area contributed by atoms with Gasteiger partial charge in [0, 0.05) is 0 Å². The predicted octanol–water partition coefficient (Wildman–Crippen LogP) is 1.99. The Balaban J connectivity index is 4.86. The Labute approximate surface area is 96.5 Å². The zero-order chi connectivity index (χ0) is 11.8. The Kier molecular flexibility index (Phi) is 6.83. The van der Waals surface area contributed by atoms with E-state index < -0.39 is 5.56 Å². The minimum atomic E-state index is -0.404.